The van der Waals surface area contributed by atoms with Gasteiger partial charge in [-0.05, 0) is 32.0 Å². The molecule has 1 fully saturated rings. The summed E-state index contributed by atoms with van der Waals surface area (Å²) >= 11 is 1.16. The van der Waals surface area contributed by atoms with E-state index in [1.165, 1.54) is 10.5 Å². The van der Waals surface area contributed by atoms with Gasteiger partial charge in [-0.1, -0.05) is 0 Å². The first-order valence-corrected chi connectivity index (χ1v) is 11.4. The van der Waals surface area contributed by atoms with E-state index < -0.39 is 10.0 Å². The lowest BCUT2D eigenvalue weighted by atomic mass is 10.3. The van der Waals surface area contributed by atoms with E-state index in [1.54, 1.807) is 16.6 Å². The van der Waals surface area contributed by atoms with Crippen LogP contribution in [0.25, 0.3) is 5.65 Å². The van der Waals surface area contributed by atoms with Crippen LogP contribution in [0.1, 0.15) is 26.6 Å². The van der Waals surface area contributed by atoms with Gasteiger partial charge in [0.1, 0.15) is 9.77 Å². The van der Waals surface area contributed by atoms with Gasteiger partial charge in [0.25, 0.3) is 15.9 Å². The van der Waals surface area contributed by atoms with Gasteiger partial charge in [-0.2, -0.15) is 9.40 Å². The van der Waals surface area contributed by atoms with Crippen LogP contribution >= 0.6 is 11.3 Å². The van der Waals surface area contributed by atoms with E-state index >= 15 is 0 Å². The third-order valence-corrected chi connectivity index (χ3v) is 8.10. The minimum atomic E-state index is -3.53. The molecule has 0 spiro atoms. The molecule has 1 aliphatic heterocycles. The number of carbonyl (C=O) groups is 1. The molecular formula is C18H21N5O4S2. The fourth-order valence-corrected chi connectivity index (χ4v) is 6.06. The lowest BCUT2D eigenvalue weighted by Crippen LogP contribution is -2.40. The van der Waals surface area contributed by atoms with Crippen LogP contribution in [0.15, 0.2) is 28.6 Å². The summed E-state index contributed by atoms with van der Waals surface area (Å²) in [6, 6.07) is 5.20. The summed E-state index contributed by atoms with van der Waals surface area (Å²) in [5.74, 6) is -0.302. The molecular weight excluding hydrogens is 414 g/mol. The zero-order valence-electron chi connectivity index (χ0n) is 16.1. The van der Waals surface area contributed by atoms with Gasteiger partial charge in [0.2, 0.25) is 0 Å². The molecule has 3 aromatic rings. The molecule has 11 heteroatoms. The van der Waals surface area contributed by atoms with Crippen molar-refractivity contribution in [1.29, 1.82) is 0 Å². The zero-order valence-corrected chi connectivity index (χ0v) is 17.7. The van der Waals surface area contributed by atoms with Crippen LogP contribution in [0.5, 0.6) is 0 Å². The number of amides is 1. The Labute approximate surface area is 172 Å². The molecule has 9 nitrogen and oxygen atoms in total. The summed E-state index contributed by atoms with van der Waals surface area (Å²) in [6.07, 6.45) is 1.49. The van der Waals surface area contributed by atoms with Crippen molar-refractivity contribution in [1.82, 2.24) is 24.2 Å². The number of morpholine rings is 1. The highest BCUT2D eigenvalue weighted by Crippen LogP contribution is 2.25. The molecule has 0 radical (unpaired) electrons. The molecule has 0 bridgehead atoms. The predicted octanol–water partition coefficient (Wildman–Crippen LogP) is 1.36. The second-order valence-electron chi connectivity index (χ2n) is 6.75. The number of fused-ring (bicyclic) bond motifs is 1. The lowest BCUT2D eigenvalue weighted by Gasteiger charge is -2.25. The number of nitrogens with zero attached hydrogens (tertiary/aromatic N) is 4. The lowest BCUT2D eigenvalue weighted by molar-refractivity contribution is 0.0731. The first kappa shape index (κ1) is 20.0. The number of nitrogens with one attached hydrogen (secondary N) is 1. The summed E-state index contributed by atoms with van der Waals surface area (Å²) in [5.41, 5.74) is 2.58. The van der Waals surface area contributed by atoms with Crippen LogP contribution < -0.4 is 5.32 Å². The fraction of sp³-hybridized carbons (Fsp3) is 0.389. The smallest absolute Gasteiger partial charge is 0.257 e. The number of carbonyl (C=O) groups excluding carboxylic acids is 1. The number of sulfonamides is 1. The third-order valence-electron chi connectivity index (χ3n) is 4.65. The van der Waals surface area contributed by atoms with Crippen molar-refractivity contribution >= 4 is 32.9 Å². The Morgan fingerprint density at radius 2 is 2.03 bits per heavy atom. The first-order valence-electron chi connectivity index (χ1n) is 9.13. The van der Waals surface area contributed by atoms with E-state index in [0.717, 1.165) is 27.6 Å². The van der Waals surface area contributed by atoms with E-state index in [2.05, 4.69) is 15.4 Å². The molecule has 0 aliphatic carbocycles. The number of hydrogen-bond acceptors (Lipinski definition) is 7. The molecule has 29 heavy (non-hydrogen) atoms. The summed E-state index contributed by atoms with van der Waals surface area (Å²) in [5, 5.41) is 7.05. The van der Waals surface area contributed by atoms with Gasteiger partial charge in [0.05, 0.1) is 26.0 Å². The number of ether oxygens (including phenoxy) is 1. The molecule has 4 rings (SSSR count). The number of hydrogen-bond donors (Lipinski definition) is 1. The van der Waals surface area contributed by atoms with Crippen molar-refractivity contribution < 1.29 is 17.9 Å². The van der Waals surface area contributed by atoms with Crippen molar-refractivity contribution in [3.05, 3.63) is 46.2 Å². The van der Waals surface area contributed by atoms with Gasteiger partial charge in [-0.25, -0.2) is 17.9 Å². The van der Waals surface area contributed by atoms with E-state index in [4.69, 9.17) is 4.74 Å². The number of thiophene rings is 1. The minimum Gasteiger partial charge on any atom is -0.379 e. The van der Waals surface area contributed by atoms with E-state index in [1.807, 2.05) is 19.9 Å². The van der Waals surface area contributed by atoms with Crippen LogP contribution in [-0.2, 0) is 21.3 Å². The molecule has 0 aromatic carbocycles. The highest BCUT2D eigenvalue weighted by atomic mass is 32.2. The first-order chi connectivity index (χ1) is 13.9. The zero-order chi connectivity index (χ0) is 20.6. The topological polar surface area (TPSA) is 106 Å². The maximum atomic E-state index is 12.7. The maximum Gasteiger partial charge on any atom is 0.257 e. The van der Waals surface area contributed by atoms with E-state index in [0.29, 0.717) is 37.5 Å². The van der Waals surface area contributed by atoms with Crippen molar-refractivity contribution in [3.8, 4) is 0 Å². The summed E-state index contributed by atoms with van der Waals surface area (Å²) in [4.78, 5) is 17.8. The largest absolute Gasteiger partial charge is 0.379 e. The Bertz CT molecular complexity index is 1160. The number of aryl methyl sites for hydroxylation is 2. The van der Waals surface area contributed by atoms with Crippen LogP contribution in [0.3, 0.4) is 0 Å². The highest BCUT2D eigenvalue weighted by molar-refractivity contribution is 7.91. The molecule has 0 atom stereocenters. The molecule has 4 heterocycles. The van der Waals surface area contributed by atoms with E-state index in [9.17, 15) is 13.2 Å². The monoisotopic (exact) mass is 435 g/mol. The minimum absolute atomic E-state index is 0.226. The Morgan fingerprint density at radius 1 is 1.28 bits per heavy atom. The summed E-state index contributed by atoms with van der Waals surface area (Å²) in [6.45, 7) is 5.51. The van der Waals surface area contributed by atoms with Crippen molar-refractivity contribution in [2.75, 3.05) is 26.3 Å². The maximum absolute atomic E-state index is 12.7. The van der Waals surface area contributed by atoms with Gasteiger partial charge in [-0.15, -0.1) is 11.3 Å². The molecule has 1 amide bonds. The molecule has 3 aromatic heterocycles. The normalized spacial score (nSPS) is 15.7. The van der Waals surface area contributed by atoms with Crippen molar-refractivity contribution in [2.24, 2.45) is 0 Å². The molecule has 1 saturated heterocycles. The second-order valence-corrected chi connectivity index (χ2v) is 10.1. The third kappa shape index (κ3) is 3.90. The molecule has 0 saturated carbocycles. The molecule has 1 N–H and O–H groups in total. The quantitative estimate of drug-likeness (QED) is 0.649. The van der Waals surface area contributed by atoms with Gasteiger partial charge >= 0.3 is 0 Å². The second kappa shape index (κ2) is 7.82. The standard InChI is InChI=1S/C18H21N5O4S2/c1-12-9-13(2)23-17(21-12)15(11-20-23)18(24)19-10-14-3-4-16(28-14)29(25,26)22-5-7-27-8-6-22/h3-4,9,11H,5-8,10H2,1-2H3,(H,19,24). The predicted molar refractivity (Wildman–Crippen MR) is 108 cm³/mol. The van der Waals surface area contributed by atoms with Crippen LogP contribution in [0.4, 0.5) is 0 Å². The number of rotatable bonds is 5. The van der Waals surface area contributed by atoms with Gasteiger partial charge in [0.15, 0.2) is 5.65 Å². The van der Waals surface area contributed by atoms with Gasteiger partial charge in [0, 0.05) is 29.4 Å². The SMILES string of the molecule is Cc1cc(C)n2ncc(C(=O)NCc3ccc(S(=O)(=O)N4CCOCC4)s3)c2n1. The average Bonchev–Trinajstić information content (AvgIpc) is 3.34. The van der Waals surface area contributed by atoms with Crippen LogP contribution in [0.2, 0.25) is 0 Å². The van der Waals surface area contributed by atoms with Gasteiger partial charge < -0.3 is 10.1 Å². The van der Waals surface area contributed by atoms with Crippen molar-refractivity contribution in [2.45, 2.75) is 24.6 Å². The average molecular weight is 436 g/mol. The van der Waals surface area contributed by atoms with Crippen LogP contribution in [0, 0.1) is 13.8 Å². The van der Waals surface area contributed by atoms with Crippen molar-refractivity contribution in [3.63, 3.8) is 0 Å². The van der Waals surface area contributed by atoms with Gasteiger partial charge in [-0.3, -0.25) is 4.79 Å². The number of aromatic nitrogens is 3. The summed E-state index contributed by atoms with van der Waals surface area (Å²) in [7, 11) is -3.53. The molecule has 1 aliphatic rings. The van der Waals surface area contributed by atoms with Crippen LogP contribution in [-0.4, -0.2) is 59.5 Å². The Balaban J connectivity index is 1.47. The Kier molecular flexibility index (Phi) is 5.38. The summed E-state index contributed by atoms with van der Waals surface area (Å²) < 4.78 is 34.0. The molecule has 0 unspecified atom stereocenters. The highest BCUT2D eigenvalue weighted by Gasteiger charge is 2.27. The fourth-order valence-electron chi connectivity index (χ4n) is 3.20. The van der Waals surface area contributed by atoms with E-state index in [-0.39, 0.29) is 16.7 Å². The Morgan fingerprint density at radius 3 is 2.79 bits per heavy atom. The molecule has 154 valence electrons. The Hall–Kier alpha value is -2.34.